The lowest BCUT2D eigenvalue weighted by molar-refractivity contribution is -0.147. The van der Waals surface area contributed by atoms with Crippen LogP contribution in [0.2, 0.25) is 0 Å². The van der Waals surface area contributed by atoms with E-state index in [9.17, 15) is 9.59 Å². The second-order valence-electron chi connectivity index (χ2n) is 8.57. The molecule has 5 rings (SSSR count). The van der Waals surface area contributed by atoms with E-state index in [1.165, 1.54) is 19.3 Å². The monoisotopic (exact) mass is 310 g/mol. The summed E-state index contributed by atoms with van der Waals surface area (Å²) in [6, 6.07) is 9.45. The van der Waals surface area contributed by atoms with Crippen molar-refractivity contribution < 1.29 is 9.59 Å². The molecule has 1 atom stereocenters. The molecule has 122 valence electrons. The van der Waals surface area contributed by atoms with Gasteiger partial charge in [0.15, 0.2) is 5.78 Å². The van der Waals surface area contributed by atoms with Gasteiger partial charge in [-0.1, -0.05) is 30.3 Å². The van der Waals surface area contributed by atoms with Crippen molar-refractivity contribution >= 4 is 11.6 Å². The highest BCUT2D eigenvalue weighted by Gasteiger charge is 2.63. The number of carbonyl (C=O) groups excluding carboxylic acids is 2. The third kappa shape index (κ3) is 2.07. The lowest BCUT2D eigenvalue weighted by Gasteiger charge is -2.62. The standard InChI is InChI=1S/C21H26O2/c1-14(22)20(2,19(23)18-6-4-3-5-7-18)21-11-15-8-16(12-21)10-17(9-15)13-21/h3-7,15-17H,8-13H2,1-2H3. The van der Waals surface area contributed by atoms with Crippen LogP contribution in [0.5, 0.6) is 0 Å². The average molecular weight is 310 g/mol. The van der Waals surface area contributed by atoms with Gasteiger partial charge in [0.05, 0.1) is 5.41 Å². The molecule has 0 amide bonds. The fraction of sp³-hybridized carbons (Fsp3) is 0.619. The van der Waals surface area contributed by atoms with Crippen molar-refractivity contribution in [2.75, 3.05) is 0 Å². The van der Waals surface area contributed by atoms with Crippen LogP contribution in [-0.4, -0.2) is 11.6 Å². The lowest BCUT2D eigenvalue weighted by atomic mass is 9.41. The molecule has 2 heteroatoms. The van der Waals surface area contributed by atoms with Crippen molar-refractivity contribution in [1.29, 1.82) is 0 Å². The summed E-state index contributed by atoms with van der Waals surface area (Å²) in [7, 11) is 0. The number of carbonyl (C=O) groups is 2. The highest BCUT2D eigenvalue weighted by Crippen LogP contribution is 2.66. The minimum atomic E-state index is -0.857. The van der Waals surface area contributed by atoms with Gasteiger partial charge in [0, 0.05) is 5.56 Å². The van der Waals surface area contributed by atoms with Crippen LogP contribution in [0.25, 0.3) is 0 Å². The normalized spacial score (nSPS) is 37.4. The SMILES string of the molecule is CC(=O)C(C)(C(=O)c1ccccc1)C12CC3CC(CC(C3)C1)C2. The summed E-state index contributed by atoms with van der Waals surface area (Å²) in [5, 5.41) is 0. The van der Waals surface area contributed by atoms with Crippen LogP contribution < -0.4 is 0 Å². The van der Waals surface area contributed by atoms with Gasteiger partial charge in [0.2, 0.25) is 0 Å². The number of rotatable bonds is 4. The highest BCUT2D eigenvalue weighted by molar-refractivity contribution is 6.14. The molecule has 1 unspecified atom stereocenters. The first-order valence-corrected chi connectivity index (χ1v) is 9.05. The molecule has 0 N–H and O–H groups in total. The molecule has 0 spiro atoms. The lowest BCUT2D eigenvalue weighted by Crippen LogP contribution is -2.59. The first-order valence-electron chi connectivity index (χ1n) is 9.05. The van der Waals surface area contributed by atoms with Crippen LogP contribution in [0.4, 0.5) is 0 Å². The molecule has 4 aliphatic carbocycles. The first kappa shape index (κ1) is 15.1. The maximum atomic E-state index is 13.4. The predicted molar refractivity (Wildman–Crippen MR) is 90.2 cm³/mol. The molecule has 1 aromatic carbocycles. The summed E-state index contributed by atoms with van der Waals surface area (Å²) >= 11 is 0. The number of ketones is 2. The largest absolute Gasteiger partial charge is 0.299 e. The molecule has 23 heavy (non-hydrogen) atoms. The van der Waals surface area contributed by atoms with Crippen molar-refractivity contribution in [3.63, 3.8) is 0 Å². The molecule has 0 saturated heterocycles. The van der Waals surface area contributed by atoms with Gasteiger partial charge in [-0.25, -0.2) is 0 Å². The Morgan fingerprint density at radius 2 is 1.43 bits per heavy atom. The van der Waals surface area contributed by atoms with E-state index < -0.39 is 5.41 Å². The summed E-state index contributed by atoms with van der Waals surface area (Å²) in [5.74, 6) is 2.33. The van der Waals surface area contributed by atoms with Crippen LogP contribution in [0.15, 0.2) is 30.3 Å². The van der Waals surface area contributed by atoms with Gasteiger partial charge in [-0.2, -0.15) is 0 Å². The van der Waals surface area contributed by atoms with Gasteiger partial charge in [-0.05, 0) is 75.5 Å². The smallest absolute Gasteiger partial charge is 0.176 e. The molecule has 0 heterocycles. The van der Waals surface area contributed by atoms with Crippen LogP contribution in [0.3, 0.4) is 0 Å². The molecule has 0 radical (unpaired) electrons. The molecule has 4 bridgehead atoms. The number of benzene rings is 1. The van der Waals surface area contributed by atoms with Gasteiger partial charge in [0.25, 0.3) is 0 Å². The summed E-state index contributed by atoms with van der Waals surface area (Å²) in [6.07, 6.45) is 7.21. The minimum Gasteiger partial charge on any atom is -0.299 e. The Hall–Kier alpha value is -1.44. The quantitative estimate of drug-likeness (QED) is 0.597. The topological polar surface area (TPSA) is 34.1 Å². The zero-order valence-corrected chi connectivity index (χ0v) is 14.2. The Bertz CT molecular complexity index is 610. The van der Waals surface area contributed by atoms with Crippen molar-refractivity contribution in [3.05, 3.63) is 35.9 Å². The fourth-order valence-electron chi connectivity index (χ4n) is 6.38. The summed E-state index contributed by atoms with van der Waals surface area (Å²) in [4.78, 5) is 26.2. The second-order valence-corrected chi connectivity index (χ2v) is 8.57. The Morgan fingerprint density at radius 3 is 1.87 bits per heavy atom. The maximum absolute atomic E-state index is 13.4. The predicted octanol–water partition coefficient (Wildman–Crippen LogP) is 4.68. The molecular formula is C21H26O2. The molecule has 0 aliphatic heterocycles. The molecule has 1 aromatic rings. The maximum Gasteiger partial charge on any atom is 0.176 e. The van der Waals surface area contributed by atoms with E-state index in [1.54, 1.807) is 6.92 Å². The molecule has 4 saturated carbocycles. The van der Waals surface area contributed by atoms with E-state index in [0.29, 0.717) is 5.56 Å². The highest BCUT2D eigenvalue weighted by atomic mass is 16.2. The van der Waals surface area contributed by atoms with E-state index in [1.807, 2.05) is 37.3 Å². The summed E-state index contributed by atoms with van der Waals surface area (Å²) in [6.45, 7) is 3.59. The Kier molecular flexibility index (Phi) is 3.30. The van der Waals surface area contributed by atoms with E-state index in [4.69, 9.17) is 0 Å². The molecular weight excluding hydrogens is 284 g/mol. The van der Waals surface area contributed by atoms with E-state index in [2.05, 4.69) is 0 Å². The van der Waals surface area contributed by atoms with Crippen LogP contribution >= 0.6 is 0 Å². The zero-order valence-electron chi connectivity index (χ0n) is 14.2. The zero-order chi connectivity index (χ0) is 16.2. The number of hydrogen-bond acceptors (Lipinski definition) is 2. The molecule has 4 aliphatic rings. The Balaban J connectivity index is 1.79. The molecule has 0 aromatic heterocycles. The van der Waals surface area contributed by atoms with Gasteiger partial charge >= 0.3 is 0 Å². The number of hydrogen-bond donors (Lipinski definition) is 0. The summed E-state index contributed by atoms with van der Waals surface area (Å²) < 4.78 is 0. The fourth-order valence-corrected chi connectivity index (χ4v) is 6.38. The Morgan fingerprint density at radius 1 is 0.957 bits per heavy atom. The Labute approximate surface area is 138 Å². The van der Waals surface area contributed by atoms with E-state index in [0.717, 1.165) is 37.0 Å². The van der Waals surface area contributed by atoms with Gasteiger partial charge < -0.3 is 0 Å². The van der Waals surface area contributed by atoms with E-state index in [-0.39, 0.29) is 17.0 Å². The van der Waals surface area contributed by atoms with E-state index >= 15 is 0 Å². The number of Topliss-reactive ketones (excluding diaryl/α,β-unsaturated/α-hetero) is 2. The first-order chi connectivity index (χ1) is 10.9. The summed E-state index contributed by atoms with van der Waals surface area (Å²) in [5.41, 5.74) is -0.258. The minimum absolute atomic E-state index is 0.0487. The third-order valence-electron chi connectivity index (χ3n) is 7.29. The second kappa shape index (κ2) is 5.03. The third-order valence-corrected chi connectivity index (χ3v) is 7.29. The van der Waals surface area contributed by atoms with Crippen molar-refractivity contribution in [1.82, 2.24) is 0 Å². The van der Waals surface area contributed by atoms with Crippen molar-refractivity contribution in [3.8, 4) is 0 Å². The van der Waals surface area contributed by atoms with Crippen molar-refractivity contribution in [2.24, 2.45) is 28.6 Å². The molecule has 2 nitrogen and oxygen atoms in total. The van der Waals surface area contributed by atoms with Crippen LogP contribution in [0, 0.1) is 28.6 Å². The van der Waals surface area contributed by atoms with Crippen LogP contribution in [-0.2, 0) is 4.79 Å². The van der Waals surface area contributed by atoms with Gasteiger partial charge in [0.1, 0.15) is 5.78 Å². The van der Waals surface area contributed by atoms with Gasteiger partial charge in [-0.15, -0.1) is 0 Å². The van der Waals surface area contributed by atoms with Gasteiger partial charge in [-0.3, -0.25) is 9.59 Å². The van der Waals surface area contributed by atoms with Crippen LogP contribution in [0.1, 0.15) is 62.7 Å². The molecule has 4 fully saturated rings. The average Bonchev–Trinajstić information content (AvgIpc) is 2.52. The van der Waals surface area contributed by atoms with Crippen molar-refractivity contribution in [2.45, 2.75) is 52.4 Å².